The highest BCUT2D eigenvalue weighted by Gasteiger charge is 2.53. The molecular formula is C39H33BrCl2N2O4S. The van der Waals surface area contributed by atoms with E-state index in [1.807, 2.05) is 84.9 Å². The standard InChI is InChI=1S/C39H33BrCl2N2O4S/c40-29-15-11-26(12-16-29)24-39(38(46)43-25-28-7-4-5-10-35(28)49-32-8-2-1-3-9-32)36(33-20-17-30(41)23-34(33)42)48-37(44-39)27-13-18-31(19-14-27)47-22-6-21-45/h1-5,7-20,23,36,45H,6,21-22,24-25H2,(H,43,46)/t36-,39-/m1/s1. The van der Waals surface area contributed by atoms with Crippen LogP contribution in [0.5, 0.6) is 5.75 Å². The van der Waals surface area contributed by atoms with Crippen LogP contribution in [-0.2, 0) is 22.5 Å². The number of aliphatic hydroxyl groups is 1. The summed E-state index contributed by atoms with van der Waals surface area (Å²) in [7, 11) is 0. The van der Waals surface area contributed by atoms with E-state index >= 15 is 0 Å². The van der Waals surface area contributed by atoms with E-state index < -0.39 is 11.6 Å². The number of nitrogens with one attached hydrogen (secondary N) is 1. The second kappa shape index (κ2) is 16.3. The van der Waals surface area contributed by atoms with Gasteiger partial charge in [0.1, 0.15) is 5.75 Å². The first-order valence-corrected chi connectivity index (χ1v) is 18.1. The first-order chi connectivity index (χ1) is 23.8. The van der Waals surface area contributed by atoms with E-state index in [0.29, 0.717) is 45.8 Å². The molecule has 1 aliphatic heterocycles. The third-order valence-corrected chi connectivity index (χ3v) is 10.3. The predicted octanol–water partition coefficient (Wildman–Crippen LogP) is 9.48. The molecule has 0 bridgehead atoms. The van der Waals surface area contributed by atoms with Gasteiger partial charge in [-0.15, -0.1) is 0 Å². The van der Waals surface area contributed by atoms with Crippen molar-refractivity contribution < 1.29 is 19.4 Å². The van der Waals surface area contributed by atoms with Crippen molar-refractivity contribution in [3.63, 3.8) is 0 Å². The van der Waals surface area contributed by atoms with Gasteiger partial charge < -0.3 is 19.9 Å². The van der Waals surface area contributed by atoms with Gasteiger partial charge in [-0.2, -0.15) is 0 Å². The van der Waals surface area contributed by atoms with Crippen molar-refractivity contribution in [3.05, 3.63) is 158 Å². The molecule has 0 aromatic heterocycles. The first kappa shape index (κ1) is 35.1. The van der Waals surface area contributed by atoms with Gasteiger partial charge in [0.25, 0.3) is 5.91 Å². The molecule has 2 atom stereocenters. The Labute approximate surface area is 308 Å². The molecule has 0 unspecified atom stereocenters. The Hall–Kier alpha value is -3.79. The monoisotopic (exact) mass is 774 g/mol. The number of carbonyl (C=O) groups is 1. The minimum Gasteiger partial charge on any atom is -0.494 e. The topological polar surface area (TPSA) is 80.2 Å². The van der Waals surface area contributed by atoms with Gasteiger partial charge >= 0.3 is 0 Å². The van der Waals surface area contributed by atoms with Gasteiger partial charge in [0.15, 0.2) is 11.6 Å². The van der Waals surface area contributed by atoms with Crippen molar-refractivity contribution in [1.29, 1.82) is 0 Å². The van der Waals surface area contributed by atoms with E-state index in [2.05, 4.69) is 39.4 Å². The molecule has 0 aliphatic carbocycles. The van der Waals surface area contributed by atoms with Gasteiger partial charge in [0.05, 0.1) is 6.61 Å². The van der Waals surface area contributed by atoms with Crippen LogP contribution < -0.4 is 10.1 Å². The number of halogens is 3. The molecule has 0 saturated carbocycles. The van der Waals surface area contributed by atoms with Crippen LogP contribution in [0.1, 0.15) is 34.8 Å². The van der Waals surface area contributed by atoms with E-state index in [4.69, 9.17) is 42.8 Å². The smallest absolute Gasteiger partial charge is 0.252 e. The SMILES string of the molecule is O=C(NCc1ccccc1Sc1ccccc1)[C@]1(Cc2ccc(Br)cc2)N=C(c2ccc(OCCCO)cc2)O[C@@H]1c1ccc(Cl)cc1Cl. The van der Waals surface area contributed by atoms with Gasteiger partial charge in [-0.1, -0.05) is 105 Å². The predicted molar refractivity (Wildman–Crippen MR) is 200 cm³/mol. The fourth-order valence-corrected chi connectivity index (χ4v) is 7.32. The summed E-state index contributed by atoms with van der Waals surface area (Å²) in [6.45, 7) is 0.730. The van der Waals surface area contributed by atoms with Crippen LogP contribution in [0.15, 0.2) is 141 Å². The molecule has 0 fully saturated rings. The number of hydrogen-bond acceptors (Lipinski definition) is 6. The number of ether oxygens (including phenoxy) is 2. The summed E-state index contributed by atoms with van der Waals surface area (Å²) in [5, 5.41) is 13.2. The molecule has 6 nitrogen and oxygen atoms in total. The normalized spacial score (nSPS) is 16.9. The fourth-order valence-electron chi connectivity index (χ4n) is 5.58. The second-order valence-corrected chi connectivity index (χ2v) is 14.3. The molecule has 0 spiro atoms. The van der Waals surface area contributed by atoms with Crippen molar-refractivity contribution in [2.45, 2.75) is 40.8 Å². The van der Waals surface area contributed by atoms with Gasteiger partial charge in [-0.05, 0) is 77.9 Å². The molecule has 5 aromatic carbocycles. The maximum Gasteiger partial charge on any atom is 0.252 e. The number of carbonyl (C=O) groups excluding carboxylic acids is 1. The van der Waals surface area contributed by atoms with Crippen LogP contribution in [0.4, 0.5) is 0 Å². The summed E-state index contributed by atoms with van der Waals surface area (Å²) in [5.74, 6) is 0.661. The Kier molecular flexibility index (Phi) is 11.6. The molecule has 10 heteroatoms. The average molecular weight is 777 g/mol. The minimum absolute atomic E-state index is 0.0529. The Morgan fingerprint density at radius 1 is 0.939 bits per heavy atom. The Morgan fingerprint density at radius 2 is 1.67 bits per heavy atom. The fraction of sp³-hybridized carbons (Fsp3) is 0.179. The highest BCUT2D eigenvalue weighted by molar-refractivity contribution is 9.10. The van der Waals surface area contributed by atoms with Gasteiger partial charge in [0.2, 0.25) is 5.90 Å². The minimum atomic E-state index is -1.43. The first-order valence-electron chi connectivity index (χ1n) is 15.7. The van der Waals surface area contributed by atoms with Crippen LogP contribution in [0, 0.1) is 0 Å². The van der Waals surface area contributed by atoms with E-state index in [1.165, 1.54) is 0 Å². The third-order valence-electron chi connectivity index (χ3n) is 8.04. The van der Waals surface area contributed by atoms with Gasteiger partial charge in [-0.25, -0.2) is 4.99 Å². The highest BCUT2D eigenvalue weighted by Crippen LogP contribution is 2.45. The summed E-state index contributed by atoms with van der Waals surface area (Å²) >= 11 is 18.3. The molecule has 1 amide bonds. The lowest BCUT2D eigenvalue weighted by atomic mass is 9.82. The largest absolute Gasteiger partial charge is 0.494 e. The number of aliphatic hydroxyl groups excluding tert-OH is 1. The van der Waals surface area contributed by atoms with Gasteiger partial charge in [0, 0.05) is 61.4 Å². The van der Waals surface area contributed by atoms with Crippen LogP contribution in [0.2, 0.25) is 10.0 Å². The molecule has 0 saturated heterocycles. The zero-order chi connectivity index (χ0) is 34.2. The highest BCUT2D eigenvalue weighted by atomic mass is 79.9. The lowest BCUT2D eigenvalue weighted by molar-refractivity contribution is -0.129. The molecule has 49 heavy (non-hydrogen) atoms. The van der Waals surface area contributed by atoms with Crippen LogP contribution in [-0.4, -0.2) is 35.7 Å². The van der Waals surface area contributed by atoms with Crippen LogP contribution in [0.3, 0.4) is 0 Å². The molecule has 250 valence electrons. The molecule has 5 aromatic rings. The van der Waals surface area contributed by atoms with E-state index in [9.17, 15) is 4.79 Å². The number of rotatable bonds is 13. The molecular weight excluding hydrogens is 743 g/mol. The quantitative estimate of drug-likeness (QED) is 0.117. The molecule has 1 aliphatic rings. The Bertz CT molecular complexity index is 1930. The average Bonchev–Trinajstić information content (AvgIpc) is 3.49. The Morgan fingerprint density at radius 3 is 2.41 bits per heavy atom. The second-order valence-electron chi connectivity index (χ2n) is 11.5. The number of hydrogen-bond donors (Lipinski definition) is 2. The summed E-state index contributed by atoms with van der Waals surface area (Å²) in [6, 6.07) is 38.5. The Balaban J connectivity index is 1.39. The summed E-state index contributed by atoms with van der Waals surface area (Å²) in [5.41, 5.74) is 1.72. The summed E-state index contributed by atoms with van der Waals surface area (Å²) in [4.78, 5) is 22.1. The summed E-state index contributed by atoms with van der Waals surface area (Å²) in [6.07, 6.45) is -0.100. The lowest BCUT2D eigenvalue weighted by Gasteiger charge is -2.31. The van der Waals surface area contributed by atoms with E-state index in [-0.39, 0.29) is 25.5 Å². The van der Waals surface area contributed by atoms with Crippen molar-refractivity contribution in [2.24, 2.45) is 4.99 Å². The lowest BCUT2D eigenvalue weighted by Crippen LogP contribution is -2.49. The number of amides is 1. The van der Waals surface area contributed by atoms with Gasteiger partial charge in [-0.3, -0.25) is 4.79 Å². The maximum atomic E-state index is 14.8. The summed E-state index contributed by atoms with van der Waals surface area (Å²) < 4.78 is 13.3. The van der Waals surface area contributed by atoms with Crippen molar-refractivity contribution in [3.8, 4) is 5.75 Å². The van der Waals surface area contributed by atoms with Crippen LogP contribution >= 0.6 is 50.9 Å². The number of benzene rings is 5. The number of nitrogens with zero attached hydrogens (tertiary/aromatic N) is 1. The maximum absolute atomic E-state index is 14.8. The zero-order valence-electron chi connectivity index (χ0n) is 26.3. The van der Waals surface area contributed by atoms with Crippen molar-refractivity contribution in [2.75, 3.05) is 13.2 Å². The van der Waals surface area contributed by atoms with Crippen LogP contribution in [0.25, 0.3) is 0 Å². The van der Waals surface area contributed by atoms with E-state index in [0.717, 1.165) is 25.4 Å². The number of aliphatic imine (C=N–C) groups is 1. The van der Waals surface area contributed by atoms with Crippen molar-refractivity contribution in [1.82, 2.24) is 5.32 Å². The third kappa shape index (κ3) is 8.51. The molecule has 6 rings (SSSR count). The van der Waals surface area contributed by atoms with Crippen molar-refractivity contribution >= 4 is 62.7 Å². The molecule has 0 radical (unpaired) electrons. The molecule has 2 N–H and O–H groups in total. The molecule has 1 heterocycles. The zero-order valence-corrected chi connectivity index (χ0v) is 30.2. The van der Waals surface area contributed by atoms with E-state index in [1.54, 1.807) is 30.0 Å².